The van der Waals surface area contributed by atoms with E-state index in [-0.39, 0.29) is 0 Å². The fourth-order valence-electron chi connectivity index (χ4n) is 6.19. The smallest absolute Gasteiger partial charge is 0.0656 e. The standard InChI is InChI=1S/C36H34Si2/c1-37(2,3)27-11-17-29-23(19-27)7-15-33-31(29)13-9-25-22-36-26(21-35(25)33)10-14-32-30-18-12-28(38(4,5)6)20-24(30)8-16-34(32)36/h7-22H,1-6H3. The van der Waals surface area contributed by atoms with Crippen molar-refractivity contribution in [2.75, 3.05) is 0 Å². The van der Waals surface area contributed by atoms with E-state index in [1.54, 1.807) is 0 Å². The molecular formula is C36H34Si2. The quantitative estimate of drug-likeness (QED) is 0.120. The Morgan fingerprint density at radius 3 is 0.921 bits per heavy atom. The van der Waals surface area contributed by atoms with Crippen LogP contribution in [0.4, 0.5) is 0 Å². The minimum absolute atomic E-state index is 1.31. The fraction of sp³-hybridized carbons (Fsp3) is 0.167. The first-order chi connectivity index (χ1) is 18.1. The van der Waals surface area contributed by atoms with E-state index in [0.717, 1.165) is 0 Å². The van der Waals surface area contributed by atoms with Crippen molar-refractivity contribution in [2.45, 2.75) is 39.3 Å². The largest absolute Gasteiger partial charge is 0.0776 e. The van der Waals surface area contributed by atoms with E-state index >= 15 is 0 Å². The Balaban J connectivity index is 1.46. The lowest BCUT2D eigenvalue weighted by Gasteiger charge is -2.18. The normalized spacial score (nSPS) is 13.0. The molecule has 0 saturated carbocycles. The molecule has 0 amide bonds. The molecule has 0 atom stereocenters. The van der Waals surface area contributed by atoms with Crippen LogP contribution in [0.3, 0.4) is 0 Å². The summed E-state index contributed by atoms with van der Waals surface area (Å²) in [7, 11) is -2.68. The molecule has 0 nitrogen and oxygen atoms in total. The van der Waals surface area contributed by atoms with Crippen LogP contribution in [-0.2, 0) is 0 Å². The zero-order chi connectivity index (χ0) is 26.4. The van der Waals surface area contributed by atoms with Crippen molar-refractivity contribution in [3.63, 3.8) is 0 Å². The molecule has 2 heteroatoms. The molecule has 38 heavy (non-hydrogen) atoms. The van der Waals surface area contributed by atoms with Crippen molar-refractivity contribution in [3.8, 4) is 0 Å². The minimum atomic E-state index is -1.34. The highest BCUT2D eigenvalue weighted by Gasteiger charge is 2.18. The summed E-state index contributed by atoms with van der Waals surface area (Å²) in [6.07, 6.45) is 0. The molecule has 0 heterocycles. The van der Waals surface area contributed by atoms with E-state index in [1.807, 2.05) is 0 Å². The van der Waals surface area contributed by atoms with Crippen molar-refractivity contribution in [1.29, 1.82) is 0 Å². The highest BCUT2D eigenvalue weighted by Crippen LogP contribution is 2.37. The molecule has 186 valence electrons. The maximum absolute atomic E-state index is 2.43. The molecule has 0 aliphatic rings. The molecular weight excluding hydrogens is 489 g/mol. The van der Waals surface area contributed by atoms with Crippen molar-refractivity contribution >= 4 is 91.2 Å². The minimum Gasteiger partial charge on any atom is -0.0656 e. The number of rotatable bonds is 2. The van der Waals surface area contributed by atoms with Crippen molar-refractivity contribution in [2.24, 2.45) is 0 Å². The summed E-state index contributed by atoms with van der Waals surface area (Å²) >= 11 is 0. The van der Waals surface area contributed by atoms with Gasteiger partial charge >= 0.3 is 0 Å². The lowest BCUT2D eigenvalue weighted by Crippen LogP contribution is -2.37. The Bertz CT molecular complexity index is 1930. The summed E-state index contributed by atoms with van der Waals surface area (Å²) < 4.78 is 0. The first-order valence-electron chi connectivity index (χ1n) is 13.8. The lowest BCUT2D eigenvalue weighted by molar-refractivity contribution is 1.72. The summed E-state index contributed by atoms with van der Waals surface area (Å²) in [5.41, 5.74) is 0. The van der Waals surface area contributed by atoms with Gasteiger partial charge in [0, 0.05) is 0 Å². The van der Waals surface area contributed by atoms with Crippen LogP contribution >= 0.6 is 0 Å². The fourth-order valence-corrected chi connectivity index (χ4v) is 8.54. The Morgan fingerprint density at radius 1 is 0.289 bits per heavy atom. The van der Waals surface area contributed by atoms with Crippen LogP contribution in [0.15, 0.2) is 97.1 Å². The third-order valence-corrected chi connectivity index (χ3v) is 12.6. The Kier molecular flexibility index (Phi) is 4.99. The van der Waals surface area contributed by atoms with Crippen LogP contribution in [0.5, 0.6) is 0 Å². The van der Waals surface area contributed by atoms with Gasteiger partial charge in [-0.2, -0.15) is 0 Å². The van der Waals surface area contributed by atoms with Gasteiger partial charge in [0.1, 0.15) is 0 Å². The molecule has 0 aliphatic heterocycles. The Hall–Kier alpha value is -3.47. The van der Waals surface area contributed by atoms with Gasteiger partial charge in [0.15, 0.2) is 0 Å². The van der Waals surface area contributed by atoms with Gasteiger partial charge in [-0.25, -0.2) is 0 Å². The Labute approximate surface area is 226 Å². The molecule has 0 aromatic heterocycles. The first-order valence-corrected chi connectivity index (χ1v) is 20.8. The zero-order valence-corrected chi connectivity index (χ0v) is 25.2. The van der Waals surface area contributed by atoms with E-state index in [4.69, 9.17) is 0 Å². The van der Waals surface area contributed by atoms with Gasteiger partial charge in [-0.15, -0.1) is 0 Å². The second-order valence-corrected chi connectivity index (χ2v) is 23.3. The molecule has 0 N–H and O–H groups in total. The average molecular weight is 523 g/mol. The van der Waals surface area contributed by atoms with Gasteiger partial charge in [0.25, 0.3) is 0 Å². The average Bonchev–Trinajstić information content (AvgIpc) is 2.89. The third-order valence-electron chi connectivity index (χ3n) is 8.52. The molecule has 7 rings (SSSR count). The Morgan fingerprint density at radius 2 is 0.579 bits per heavy atom. The molecule has 0 bridgehead atoms. The van der Waals surface area contributed by atoms with Gasteiger partial charge < -0.3 is 0 Å². The van der Waals surface area contributed by atoms with E-state index in [1.165, 1.54) is 75.0 Å². The van der Waals surface area contributed by atoms with Crippen LogP contribution in [0.2, 0.25) is 39.3 Å². The van der Waals surface area contributed by atoms with Crippen molar-refractivity contribution < 1.29 is 0 Å². The molecule has 0 aliphatic carbocycles. The predicted molar refractivity (Wildman–Crippen MR) is 177 cm³/mol. The number of benzene rings is 7. The number of hydrogen-bond donors (Lipinski definition) is 0. The van der Waals surface area contributed by atoms with Crippen LogP contribution in [0.1, 0.15) is 0 Å². The maximum Gasteiger partial charge on any atom is 0.0776 e. The van der Waals surface area contributed by atoms with Gasteiger partial charge in [0.05, 0.1) is 16.1 Å². The molecule has 7 aromatic rings. The highest BCUT2D eigenvalue weighted by atomic mass is 28.3. The van der Waals surface area contributed by atoms with Crippen molar-refractivity contribution in [3.05, 3.63) is 97.1 Å². The number of fused-ring (bicyclic) bond motifs is 10. The third kappa shape index (κ3) is 3.62. The van der Waals surface area contributed by atoms with Gasteiger partial charge in [0.2, 0.25) is 0 Å². The SMILES string of the molecule is C[Si](C)(C)c1ccc2c(ccc3c4cc5ccc6c7ccc([Si](C)(C)C)cc7ccc6c5cc4ccc23)c1. The second-order valence-electron chi connectivity index (χ2n) is 13.1. The van der Waals surface area contributed by atoms with Crippen LogP contribution in [0, 0.1) is 0 Å². The second kappa shape index (κ2) is 8.02. The van der Waals surface area contributed by atoms with Gasteiger partial charge in [-0.3, -0.25) is 0 Å². The first kappa shape index (κ1) is 23.6. The van der Waals surface area contributed by atoms with E-state index in [9.17, 15) is 0 Å². The lowest BCUT2D eigenvalue weighted by atomic mass is 9.92. The monoisotopic (exact) mass is 522 g/mol. The van der Waals surface area contributed by atoms with Crippen LogP contribution in [-0.4, -0.2) is 16.1 Å². The van der Waals surface area contributed by atoms with Gasteiger partial charge in [-0.1, -0.05) is 135 Å². The van der Waals surface area contributed by atoms with Crippen molar-refractivity contribution in [1.82, 2.24) is 0 Å². The molecule has 0 saturated heterocycles. The number of hydrogen-bond acceptors (Lipinski definition) is 0. The molecule has 0 radical (unpaired) electrons. The summed E-state index contributed by atoms with van der Waals surface area (Å²) in [6, 6.07) is 37.7. The molecule has 0 fully saturated rings. The topological polar surface area (TPSA) is 0 Å². The van der Waals surface area contributed by atoms with Crippen LogP contribution in [0.25, 0.3) is 64.6 Å². The zero-order valence-electron chi connectivity index (χ0n) is 23.2. The summed E-state index contributed by atoms with van der Waals surface area (Å²) in [5.74, 6) is 0. The van der Waals surface area contributed by atoms with E-state index in [2.05, 4.69) is 136 Å². The summed E-state index contributed by atoms with van der Waals surface area (Å²) in [5, 5.41) is 19.1. The molecule has 7 aromatic carbocycles. The summed E-state index contributed by atoms with van der Waals surface area (Å²) in [6.45, 7) is 14.5. The van der Waals surface area contributed by atoms with Gasteiger partial charge in [-0.05, 0) is 76.8 Å². The van der Waals surface area contributed by atoms with E-state index in [0.29, 0.717) is 0 Å². The predicted octanol–water partition coefficient (Wildman–Crippen LogP) is 9.70. The van der Waals surface area contributed by atoms with E-state index < -0.39 is 16.1 Å². The summed E-state index contributed by atoms with van der Waals surface area (Å²) in [4.78, 5) is 0. The highest BCUT2D eigenvalue weighted by molar-refractivity contribution is 6.89. The molecule has 0 unspecified atom stereocenters. The molecule has 0 spiro atoms. The van der Waals surface area contributed by atoms with Crippen LogP contribution < -0.4 is 10.4 Å². The maximum atomic E-state index is 2.43.